The molecule has 0 spiro atoms. The molecule has 2 aromatic carbocycles. The number of hydrogen-bond donors (Lipinski definition) is 0. The van der Waals surface area contributed by atoms with Crippen LogP contribution in [0.4, 0.5) is 0 Å². The molecule has 0 amide bonds. The number of nitrogens with zero attached hydrogens (tertiary/aromatic N) is 1. The van der Waals surface area contributed by atoms with Gasteiger partial charge in [0.15, 0.2) is 0 Å². The van der Waals surface area contributed by atoms with Crippen LogP contribution < -0.4 is 24.0 Å². The molecule has 0 radical (unpaired) electrons. The van der Waals surface area contributed by atoms with Crippen LogP contribution in [-0.4, -0.2) is 25.1 Å². The van der Waals surface area contributed by atoms with Crippen molar-refractivity contribution in [3.63, 3.8) is 0 Å². The summed E-state index contributed by atoms with van der Waals surface area (Å²) in [6.45, 7) is 7.20. The van der Waals surface area contributed by atoms with E-state index in [1.165, 1.54) is 36.1 Å². The zero-order valence-electron chi connectivity index (χ0n) is 17.1. The van der Waals surface area contributed by atoms with E-state index in [1.807, 2.05) is 0 Å². The lowest BCUT2D eigenvalue weighted by Gasteiger charge is -2.57. The Morgan fingerprint density at radius 2 is 1.63 bits per heavy atom. The zero-order chi connectivity index (χ0) is 18.4. The van der Waals surface area contributed by atoms with Gasteiger partial charge in [-0.25, -0.2) is 0 Å². The van der Waals surface area contributed by atoms with Crippen molar-refractivity contribution in [2.24, 2.45) is 17.3 Å². The first-order valence-electron chi connectivity index (χ1n) is 10.0. The Morgan fingerprint density at radius 3 is 2.30 bits per heavy atom. The minimum atomic E-state index is 0. The smallest absolute Gasteiger partial charge is 0.104 e. The third-order valence-electron chi connectivity index (χ3n) is 6.84. The third-order valence-corrected chi connectivity index (χ3v) is 6.84. The number of likely N-dealkylation sites (N-methyl/N-ethyl adjacent to an activating group) is 1. The number of hydrogen-bond acceptors (Lipinski definition) is 0. The Labute approximate surface area is 182 Å². The molecule has 0 heterocycles. The van der Waals surface area contributed by atoms with Gasteiger partial charge in [-0.15, -0.1) is 0 Å². The van der Waals surface area contributed by atoms with Crippen molar-refractivity contribution in [3.05, 3.63) is 71.8 Å². The lowest BCUT2D eigenvalue weighted by atomic mass is 9.49. The average Bonchev–Trinajstić information content (AvgIpc) is 2.61. The molecule has 0 aliphatic heterocycles. The summed E-state index contributed by atoms with van der Waals surface area (Å²) in [7, 11) is 4.77. The van der Waals surface area contributed by atoms with E-state index in [0.717, 1.165) is 22.9 Å². The van der Waals surface area contributed by atoms with Crippen molar-refractivity contribution >= 4 is 0 Å². The Hall–Kier alpha value is -1.13. The molecular formula is C25H32IN. The van der Waals surface area contributed by atoms with Crippen LogP contribution in [0.5, 0.6) is 0 Å². The molecule has 3 aliphatic rings. The highest BCUT2D eigenvalue weighted by molar-refractivity contribution is 5.63. The van der Waals surface area contributed by atoms with Gasteiger partial charge in [0.2, 0.25) is 0 Å². The van der Waals surface area contributed by atoms with Crippen LogP contribution in [0.3, 0.4) is 0 Å². The van der Waals surface area contributed by atoms with Gasteiger partial charge in [-0.05, 0) is 52.9 Å². The molecule has 144 valence electrons. The molecular weight excluding hydrogens is 441 g/mol. The zero-order valence-corrected chi connectivity index (χ0v) is 19.2. The second-order valence-corrected chi connectivity index (χ2v) is 9.64. The minimum absolute atomic E-state index is 0. The highest BCUT2D eigenvalue weighted by Crippen LogP contribution is 2.59. The first kappa shape index (κ1) is 20.6. The molecule has 0 N–H and O–H groups in total. The van der Waals surface area contributed by atoms with Crippen molar-refractivity contribution in [1.29, 1.82) is 0 Å². The molecule has 0 saturated heterocycles. The van der Waals surface area contributed by atoms with Crippen LogP contribution in [0.1, 0.15) is 32.3 Å². The molecule has 2 heteroatoms. The number of quaternary nitrogens is 1. The number of allylic oxidation sites excluding steroid dienone is 1. The molecule has 1 saturated carbocycles. The van der Waals surface area contributed by atoms with Crippen LogP contribution in [0, 0.1) is 17.3 Å². The van der Waals surface area contributed by atoms with Gasteiger partial charge >= 0.3 is 0 Å². The predicted octanol–water partition coefficient (Wildman–Crippen LogP) is 2.93. The normalized spacial score (nSPS) is 23.0. The van der Waals surface area contributed by atoms with Crippen LogP contribution in [-0.2, 0) is 6.54 Å². The van der Waals surface area contributed by atoms with Gasteiger partial charge in [-0.3, -0.25) is 0 Å². The Balaban J connectivity index is 0.00000210. The molecule has 1 nitrogen and oxygen atoms in total. The van der Waals surface area contributed by atoms with E-state index in [9.17, 15) is 0 Å². The number of benzene rings is 2. The number of rotatable bonds is 5. The third kappa shape index (κ3) is 4.17. The summed E-state index contributed by atoms with van der Waals surface area (Å²) < 4.78 is 1.03. The van der Waals surface area contributed by atoms with Crippen molar-refractivity contribution in [3.8, 4) is 11.1 Å². The fourth-order valence-electron chi connectivity index (χ4n) is 5.18. The maximum Gasteiger partial charge on any atom is 0.104 e. The summed E-state index contributed by atoms with van der Waals surface area (Å²) in [5.74, 6) is 1.74. The summed E-state index contributed by atoms with van der Waals surface area (Å²) in [4.78, 5) is 0. The Morgan fingerprint density at radius 1 is 0.926 bits per heavy atom. The van der Waals surface area contributed by atoms with Gasteiger partial charge in [-0.1, -0.05) is 68.5 Å². The maximum atomic E-state index is 2.56. The highest BCUT2D eigenvalue weighted by Gasteiger charge is 2.52. The summed E-state index contributed by atoms with van der Waals surface area (Å²) in [6.07, 6.45) is 5.27. The van der Waals surface area contributed by atoms with Crippen molar-refractivity contribution in [2.75, 3.05) is 20.6 Å². The summed E-state index contributed by atoms with van der Waals surface area (Å²) >= 11 is 0. The van der Waals surface area contributed by atoms with Crippen LogP contribution in [0.25, 0.3) is 11.1 Å². The average molecular weight is 473 g/mol. The minimum Gasteiger partial charge on any atom is -1.00 e. The van der Waals surface area contributed by atoms with Crippen LogP contribution in [0.2, 0.25) is 0 Å². The van der Waals surface area contributed by atoms with Crippen molar-refractivity contribution in [2.45, 2.75) is 33.2 Å². The van der Waals surface area contributed by atoms with E-state index in [1.54, 1.807) is 5.57 Å². The molecule has 27 heavy (non-hydrogen) atoms. The van der Waals surface area contributed by atoms with Gasteiger partial charge in [0.1, 0.15) is 13.1 Å². The summed E-state index contributed by atoms with van der Waals surface area (Å²) in [5.41, 5.74) is 6.29. The molecule has 2 atom stereocenters. The lowest BCUT2D eigenvalue weighted by Crippen LogP contribution is -3.00. The molecule has 2 aromatic rings. The van der Waals surface area contributed by atoms with Crippen LogP contribution >= 0.6 is 0 Å². The fraction of sp³-hybridized carbons (Fsp3) is 0.440. The molecule has 0 aromatic heterocycles. The SMILES string of the molecule is CC1(C)[C@H]2CC=C(C[N+](C)(C)Cc3cccc(-c4ccccc4)c3)[C@@H]1C2.[I-]. The van der Waals surface area contributed by atoms with Crippen LogP contribution in [0.15, 0.2) is 66.2 Å². The largest absolute Gasteiger partial charge is 1.00 e. The molecule has 0 unspecified atom stereocenters. The standard InChI is InChI=1S/C25H32N.HI/c1-25(2)23-14-13-22(24(25)16-23)18-26(3,4)17-19-9-8-12-21(15-19)20-10-6-5-7-11-20;/h5-13,15,23-24H,14,16-18H2,1-4H3;1H/q+1;/p-1/t23-,24-;/m0./s1. The summed E-state index contributed by atoms with van der Waals surface area (Å²) in [5, 5.41) is 0. The first-order valence-corrected chi connectivity index (χ1v) is 10.0. The van der Waals surface area contributed by atoms with Gasteiger partial charge in [-0.2, -0.15) is 0 Å². The van der Waals surface area contributed by atoms with E-state index >= 15 is 0 Å². The van der Waals surface area contributed by atoms with Gasteiger partial charge in [0.25, 0.3) is 0 Å². The molecule has 2 bridgehead atoms. The monoisotopic (exact) mass is 473 g/mol. The van der Waals surface area contributed by atoms with Crippen molar-refractivity contribution < 1.29 is 28.5 Å². The first-order chi connectivity index (χ1) is 12.4. The predicted molar refractivity (Wildman–Crippen MR) is 111 cm³/mol. The fourth-order valence-corrected chi connectivity index (χ4v) is 5.18. The second kappa shape index (κ2) is 7.71. The van der Waals surface area contributed by atoms with E-state index in [-0.39, 0.29) is 24.0 Å². The van der Waals surface area contributed by atoms with E-state index in [4.69, 9.17) is 0 Å². The van der Waals surface area contributed by atoms with E-state index < -0.39 is 0 Å². The highest BCUT2D eigenvalue weighted by atomic mass is 127. The molecule has 3 aliphatic carbocycles. The van der Waals surface area contributed by atoms with E-state index in [0.29, 0.717) is 5.41 Å². The Bertz CT molecular complexity index is 819. The quantitative estimate of drug-likeness (QED) is 0.356. The van der Waals surface area contributed by atoms with Gasteiger partial charge in [0.05, 0.1) is 14.1 Å². The second-order valence-electron chi connectivity index (χ2n) is 9.64. The number of fused-ring (bicyclic) bond motifs is 1. The summed E-state index contributed by atoms with van der Waals surface area (Å²) in [6, 6.07) is 19.8. The molecule has 1 fully saturated rings. The van der Waals surface area contributed by atoms with Gasteiger partial charge in [0, 0.05) is 5.56 Å². The Kier molecular flexibility index (Phi) is 5.88. The van der Waals surface area contributed by atoms with Gasteiger partial charge < -0.3 is 28.5 Å². The molecule has 5 rings (SSSR count). The van der Waals surface area contributed by atoms with Crippen molar-refractivity contribution in [1.82, 2.24) is 0 Å². The topological polar surface area (TPSA) is 0 Å². The number of halogens is 1. The lowest BCUT2D eigenvalue weighted by molar-refractivity contribution is -0.899. The van der Waals surface area contributed by atoms with E-state index in [2.05, 4.69) is 88.6 Å². The maximum absolute atomic E-state index is 2.56.